The van der Waals surface area contributed by atoms with Gasteiger partial charge in [-0.3, -0.25) is 0 Å². The largest absolute Gasteiger partial charge is 0.317 e. The van der Waals surface area contributed by atoms with Crippen LogP contribution in [-0.2, 0) is 10.8 Å². The summed E-state index contributed by atoms with van der Waals surface area (Å²) in [5, 5.41) is 2.59. The molecule has 0 amide bonds. The van der Waals surface area contributed by atoms with Crippen LogP contribution in [0.2, 0.25) is 0 Å². The van der Waals surface area contributed by atoms with Crippen molar-refractivity contribution in [2.75, 3.05) is 4.90 Å². The summed E-state index contributed by atoms with van der Waals surface area (Å²) in [5.74, 6) is 0. The first-order valence-corrected chi connectivity index (χ1v) is 22.8. The van der Waals surface area contributed by atoms with Crippen molar-refractivity contribution in [3.63, 3.8) is 0 Å². The van der Waals surface area contributed by atoms with Crippen molar-refractivity contribution in [2.45, 2.75) is 24.7 Å². The standard InChI is InChI=1S/C64H45N/c1-63(2)59-40-46(30-35-52(59)53-36-34-48(41-60(53)63)65(39-38-42-16-5-3-6-17-42)47-32-28-44(29-33-47)43-18-7-4-8-19-43)49-24-15-20-45-31-37-58-62(61(45)49)54-23-11-14-27-57(54)64(58)55-25-12-9-21-50(55)51-22-10-13-26-56(51)64/h3-41H,1-2H3/b39-38+. The SMILES string of the molecule is CC1(C)c2cc(-c3cccc4ccc5c(c34)-c3ccccc3C53c4ccccc4-c4ccccc43)ccc2-c2ccc(N(/C=C/c3ccccc3)c3ccc(-c4ccccc4)cc3)cc21. The molecule has 3 aliphatic rings. The molecule has 0 saturated carbocycles. The summed E-state index contributed by atoms with van der Waals surface area (Å²) in [6.45, 7) is 4.81. The number of fused-ring (bicyclic) bond motifs is 15. The molecule has 0 saturated heterocycles. The lowest BCUT2D eigenvalue weighted by atomic mass is 9.70. The van der Waals surface area contributed by atoms with E-state index in [0.717, 1.165) is 16.9 Å². The summed E-state index contributed by atoms with van der Waals surface area (Å²) in [5.41, 5.74) is 23.9. The Morgan fingerprint density at radius 3 is 1.58 bits per heavy atom. The number of hydrogen-bond donors (Lipinski definition) is 0. The van der Waals surface area contributed by atoms with Gasteiger partial charge in [-0.25, -0.2) is 0 Å². The van der Waals surface area contributed by atoms with Gasteiger partial charge >= 0.3 is 0 Å². The van der Waals surface area contributed by atoms with Crippen molar-refractivity contribution in [1.29, 1.82) is 0 Å². The van der Waals surface area contributed by atoms with Crippen LogP contribution in [0.4, 0.5) is 11.4 Å². The van der Waals surface area contributed by atoms with Crippen LogP contribution in [0.5, 0.6) is 0 Å². The Bertz CT molecular complexity index is 3510. The Morgan fingerprint density at radius 1 is 0.354 bits per heavy atom. The fourth-order valence-electron chi connectivity index (χ4n) is 11.7. The van der Waals surface area contributed by atoms with Gasteiger partial charge in [-0.2, -0.15) is 0 Å². The molecule has 0 fully saturated rings. The molecule has 0 heterocycles. The summed E-state index contributed by atoms with van der Waals surface area (Å²) in [6, 6.07) is 83.5. The maximum absolute atomic E-state index is 2.50. The van der Waals surface area contributed by atoms with Crippen molar-refractivity contribution in [2.24, 2.45) is 0 Å². The molecule has 306 valence electrons. The third kappa shape index (κ3) is 5.46. The molecule has 0 radical (unpaired) electrons. The number of hydrogen-bond acceptors (Lipinski definition) is 1. The highest BCUT2D eigenvalue weighted by atomic mass is 15.1. The highest BCUT2D eigenvalue weighted by molar-refractivity contribution is 6.12. The molecule has 13 rings (SSSR count). The van der Waals surface area contributed by atoms with E-state index in [1.807, 2.05) is 0 Å². The van der Waals surface area contributed by atoms with E-state index >= 15 is 0 Å². The smallest absolute Gasteiger partial charge is 0.0725 e. The minimum atomic E-state index is -0.381. The summed E-state index contributed by atoms with van der Waals surface area (Å²) < 4.78 is 0. The maximum Gasteiger partial charge on any atom is 0.0725 e. The van der Waals surface area contributed by atoms with Crippen LogP contribution < -0.4 is 4.90 Å². The van der Waals surface area contributed by atoms with Gasteiger partial charge in [0.05, 0.1) is 5.41 Å². The zero-order valence-electron chi connectivity index (χ0n) is 36.5. The molecule has 0 aromatic heterocycles. The second-order valence-corrected chi connectivity index (χ2v) is 18.4. The highest BCUT2D eigenvalue weighted by Crippen LogP contribution is 2.64. The number of rotatable bonds is 6. The number of benzene rings is 10. The Labute approximate surface area is 381 Å². The van der Waals surface area contributed by atoms with Gasteiger partial charge in [-0.05, 0) is 142 Å². The zero-order valence-corrected chi connectivity index (χ0v) is 36.5. The minimum absolute atomic E-state index is 0.233. The molecule has 0 aliphatic heterocycles. The molecule has 1 nitrogen and oxygen atoms in total. The number of nitrogens with zero attached hydrogens (tertiary/aromatic N) is 1. The molecule has 0 bridgehead atoms. The van der Waals surface area contributed by atoms with Crippen LogP contribution in [0.1, 0.15) is 52.8 Å². The molecule has 0 N–H and O–H groups in total. The van der Waals surface area contributed by atoms with Crippen LogP contribution >= 0.6 is 0 Å². The fraction of sp³-hybridized carbons (Fsp3) is 0.0625. The lowest BCUT2D eigenvalue weighted by Gasteiger charge is -2.30. The normalized spacial score (nSPS) is 14.2. The quantitative estimate of drug-likeness (QED) is 0.161. The van der Waals surface area contributed by atoms with Crippen LogP contribution in [-0.4, -0.2) is 0 Å². The predicted octanol–water partition coefficient (Wildman–Crippen LogP) is 16.6. The first-order valence-electron chi connectivity index (χ1n) is 22.8. The molecule has 3 aliphatic carbocycles. The van der Waals surface area contributed by atoms with E-state index in [0.29, 0.717) is 0 Å². The highest BCUT2D eigenvalue weighted by Gasteiger charge is 2.52. The molecule has 0 unspecified atom stereocenters. The molecule has 1 spiro atoms. The Hall–Kier alpha value is -8.00. The molecular formula is C64H45N. The van der Waals surface area contributed by atoms with Gasteiger partial charge in [0.2, 0.25) is 0 Å². The van der Waals surface area contributed by atoms with E-state index in [1.54, 1.807) is 0 Å². The number of anilines is 2. The first-order chi connectivity index (χ1) is 32.0. The summed E-state index contributed by atoms with van der Waals surface area (Å²) in [6.07, 6.45) is 4.42. The van der Waals surface area contributed by atoms with Gasteiger partial charge in [-0.1, -0.05) is 208 Å². The van der Waals surface area contributed by atoms with E-state index in [-0.39, 0.29) is 10.8 Å². The van der Waals surface area contributed by atoms with Gasteiger partial charge in [0.15, 0.2) is 0 Å². The van der Waals surface area contributed by atoms with Gasteiger partial charge in [0.1, 0.15) is 0 Å². The van der Waals surface area contributed by atoms with Crippen molar-refractivity contribution in [3.05, 3.63) is 270 Å². The molecule has 10 aromatic carbocycles. The van der Waals surface area contributed by atoms with Crippen LogP contribution in [0.3, 0.4) is 0 Å². The average Bonchev–Trinajstić information content (AvgIpc) is 3.93. The summed E-state index contributed by atoms with van der Waals surface area (Å²) in [4.78, 5) is 2.33. The lowest BCUT2D eigenvalue weighted by Crippen LogP contribution is -2.25. The molecule has 65 heavy (non-hydrogen) atoms. The molecule has 10 aromatic rings. The third-order valence-corrected chi connectivity index (χ3v) is 14.7. The van der Waals surface area contributed by atoms with E-state index < -0.39 is 0 Å². The first kappa shape index (κ1) is 37.5. The fourth-order valence-corrected chi connectivity index (χ4v) is 11.7. The monoisotopic (exact) mass is 827 g/mol. The molecule has 1 heteroatoms. The van der Waals surface area contributed by atoms with Crippen molar-refractivity contribution in [1.82, 2.24) is 0 Å². The lowest BCUT2D eigenvalue weighted by molar-refractivity contribution is 0.660. The third-order valence-electron chi connectivity index (χ3n) is 14.7. The van der Waals surface area contributed by atoms with Crippen molar-refractivity contribution >= 4 is 28.2 Å². The van der Waals surface area contributed by atoms with E-state index in [2.05, 4.69) is 255 Å². The predicted molar refractivity (Wildman–Crippen MR) is 273 cm³/mol. The van der Waals surface area contributed by atoms with E-state index in [4.69, 9.17) is 0 Å². The second kappa shape index (κ2) is 14.3. The maximum atomic E-state index is 2.50. The topological polar surface area (TPSA) is 3.24 Å². The van der Waals surface area contributed by atoms with Gasteiger partial charge in [0, 0.05) is 23.0 Å². The van der Waals surface area contributed by atoms with Crippen molar-refractivity contribution < 1.29 is 0 Å². The Kier molecular flexibility index (Phi) is 8.24. The van der Waals surface area contributed by atoms with Crippen LogP contribution in [0.15, 0.2) is 231 Å². The minimum Gasteiger partial charge on any atom is -0.317 e. The second-order valence-electron chi connectivity index (χ2n) is 18.4. The van der Waals surface area contributed by atoms with Crippen molar-refractivity contribution in [3.8, 4) is 55.6 Å². The van der Waals surface area contributed by atoms with Gasteiger partial charge in [0.25, 0.3) is 0 Å². The Balaban J connectivity index is 0.937. The Morgan fingerprint density at radius 2 is 0.877 bits per heavy atom. The summed E-state index contributed by atoms with van der Waals surface area (Å²) >= 11 is 0. The zero-order chi connectivity index (χ0) is 43.3. The molecular weight excluding hydrogens is 783 g/mol. The van der Waals surface area contributed by atoms with Gasteiger partial charge in [-0.15, -0.1) is 0 Å². The van der Waals surface area contributed by atoms with Crippen LogP contribution in [0.25, 0.3) is 72.5 Å². The summed E-state index contributed by atoms with van der Waals surface area (Å²) in [7, 11) is 0. The van der Waals surface area contributed by atoms with E-state index in [1.165, 1.54) is 99.8 Å². The van der Waals surface area contributed by atoms with Crippen LogP contribution in [0, 0.1) is 0 Å². The van der Waals surface area contributed by atoms with Gasteiger partial charge < -0.3 is 4.90 Å². The van der Waals surface area contributed by atoms with E-state index in [9.17, 15) is 0 Å². The average molecular weight is 828 g/mol. The molecule has 0 atom stereocenters.